The summed E-state index contributed by atoms with van der Waals surface area (Å²) in [6.45, 7) is 18.7. The molecule has 0 aromatic carbocycles. The molecule has 4 aromatic rings. The minimum Gasteiger partial charge on any atom is -0.297 e. The van der Waals surface area contributed by atoms with Crippen molar-refractivity contribution < 1.29 is 4.79 Å². The Morgan fingerprint density at radius 1 is 0.263 bits per heavy atom. The molecule has 0 spiro atoms. The van der Waals surface area contributed by atoms with Crippen LogP contribution in [0.4, 0.5) is 0 Å². The van der Waals surface area contributed by atoms with Gasteiger partial charge in [0.2, 0.25) is 0 Å². The molecule has 0 fully saturated rings. The van der Waals surface area contributed by atoms with Crippen LogP contribution < -0.4 is 0 Å². The number of aryl methyl sites for hydroxylation is 1. The number of thiophene rings is 4. The average Bonchev–Trinajstić information content (AvgIpc) is 4.18. The van der Waals surface area contributed by atoms with Crippen molar-refractivity contribution in [3.63, 3.8) is 0 Å². The van der Waals surface area contributed by atoms with Crippen LogP contribution in [0, 0.1) is 0 Å². The molecule has 1 nitrogen and oxygen atoms in total. The third-order valence-electron chi connectivity index (χ3n) is 16.1. The van der Waals surface area contributed by atoms with Crippen LogP contribution >= 0.6 is 45.3 Å². The summed E-state index contributed by atoms with van der Waals surface area (Å²) in [6.07, 6.45) is 67.0. The van der Waals surface area contributed by atoms with Crippen molar-refractivity contribution in [3.8, 4) is 0 Å². The van der Waals surface area contributed by atoms with Crippen LogP contribution in [-0.2, 0) is 51.4 Å². The zero-order valence-electron chi connectivity index (χ0n) is 50.4. The van der Waals surface area contributed by atoms with Gasteiger partial charge in [0.1, 0.15) is 0 Å². The highest BCUT2D eigenvalue weighted by atomic mass is 32.1. The van der Waals surface area contributed by atoms with Crippen molar-refractivity contribution in [2.75, 3.05) is 0 Å². The topological polar surface area (TPSA) is 17.1 Å². The van der Waals surface area contributed by atoms with Crippen LogP contribution in [-0.4, -0.2) is 6.29 Å². The minimum atomic E-state index is 0.981. The quantitative estimate of drug-likeness (QED) is 0.0318. The summed E-state index contributed by atoms with van der Waals surface area (Å²) in [5, 5.41) is 2.53. The lowest BCUT2D eigenvalue weighted by molar-refractivity contribution is 0.112. The summed E-state index contributed by atoms with van der Waals surface area (Å²) < 4.78 is 0. The third-order valence-corrected chi connectivity index (χ3v) is 20.7. The van der Waals surface area contributed by atoms with Crippen molar-refractivity contribution >= 4 is 88.1 Å². The van der Waals surface area contributed by atoms with Crippen molar-refractivity contribution in [1.82, 2.24) is 0 Å². The lowest BCUT2D eigenvalue weighted by Gasteiger charge is -2.09. The molecule has 0 N–H and O–H groups in total. The van der Waals surface area contributed by atoms with Gasteiger partial charge < -0.3 is 0 Å². The lowest BCUT2D eigenvalue weighted by Crippen LogP contribution is -1.97. The zero-order valence-corrected chi connectivity index (χ0v) is 53.7. The molecule has 4 heterocycles. The summed E-state index contributed by atoms with van der Waals surface area (Å²) in [7, 11) is 0. The van der Waals surface area contributed by atoms with Crippen molar-refractivity contribution in [1.29, 1.82) is 0 Å². The smallest absolute Gasteiger partial charge is 0.160 e. The summed E-state index contributed by atoms with van der Waals surface area (Å²) in [5.41, 5.74) is 12.7. The maximum Gasteiger partial charge on any atom is 0.160 e. The van der Waals surface area contributed by atoms with Gasteiger partial charge in [0, 0.05) is 29.3 Å². The van der Waals surface area contributed by atoms with Gasteiger partial charge in [-0.05, 0) is 189 Å². The van der Waals surface area contributed by atoms with Crippen LogP contribution in [0.1, 0.15) is 344 Å². The normalized spacial score (nSPS) is 12.1. The van der Waals surface area contributed by atoms with Crippen LogP contribution in [0.2, 0.25) is 0 Å². The van der Waals surface area contributed by atoms with E-state index < -0.39 is 0 Å². The number of hydrogen-bond acceptors (Lipinski definition) is 5. The second kappa shape index (κ2) is 41.7. The first-order valence-electron chi connectivity index (χ1n) is 32.4. The van der Waals surface area contributed by atoms with Crippen LogP contribution in [0.5, 0.6) is 0 Å². The van der Waals surface area contributed by atoms with E-state index in [0.29, 0.717) is 0 Å². The molecule has 0 radical (unpaired) electrons. The molecule has 0 aliphatic carbocycles. The molecule has 0 aliphatic rings. The predicted octanol–water partition coefficient (Wildman–Crippen LogP) is 25.2. The van der Waals surface area contributed by atoms with E-state index in [-0.39, 0.29) is 0 Å². The van der Waals surface area contributed by atoms with Crippen LogP contribution in [0.15, 0.2) is 5.38 Å². The van der Waals surface area contributed by atoms with Gasteiger partial charge in [0.25, 0.3) is 0 Å². The molecular formula is C71H112OS4. The van der Waals surface area contributed by atoms with Gasteiger partial charge in [-0.3, -0.25) is 4.79 Å². The molecule has 0 saturated carbocycles. The monoisotopic (exact) mass is 1110 g/mol. The summed E-state index contributed by atoms with van der Waals surface area (Å²) in [6, 6.07) is 0. The van der Waals surface area contributed by atoms with Crippen LogP contribution in [0.25, 0.3) is 36.5 Å². The Bertz CT molecular complexity index is 2210. The number of hydrogen-bond donors (Lipinski definition) is 0. The van der Waals surface area contributed by atoms with Gasteiger partial charge in [0.15, 0.2) is 6.29 Å². The van der Waals surface area contributed by atoms with E-state index in [2.05, 4.69) is 120 Å². The second-order valence-electron chi connectivity index (χ2n) is 22.6. The number of carbonyl (C=O) groups excluding carboxylic acids is 1. The molecule has 0 aliphatic heterocycles. The molecule has 0 saturated heterocycles. The number of aldehydes is 1. The van der Waals surface area contributed by atoms with E-state index in [9.17, 15) is 4.79 Å². The molecule has 0 bridgehead atoms. The second-order valence-corrected chi connectivity index (χ2v) is 26.7. The van der Waals surface area contributed by atoms with Crippen LogP contribution in [0.3, 0.4) is 0 Å². The van der Waals surface area contributed by atoms with E-state index >= 15 is 0 Å². The van der Waals surface area contributed by atoms with Gasteiger partial charge >= 0.3 is 0 Å². The van der Waals surface area contributed by atoms with Gasteiger partial charge in [-0.15, -0.1) is 45.3 Å². The van der Waals surface area contributed by atoms with E-state index in [1.54, 1.807) is 44.7 Å². The number of rotatable bonds is 47. The maximum atomic E-state index is 12.7. The average molecular weight is 1110 g/mol. The van der Waals surface area contributed by atoms with Crippen molar-refractivity contribution in [2.24, 2.45) is 0 Å². The first-order chi connectivity index (χ1) is 37.4. The summed E-state index contributed by atoms with van der Waals surface area (Å²) in [5.74, 6) is 0. The van der Waals surface area contributed by atoms with Crippen molar-refractivity contribution in [3.05, 3.63) is 84.0 Å². The molecule has 0 atom stereocenters. The summed E-state index contributed by atoms with van der Waals surface area (Å²) >= 11 is 7.94. The Morgan fingerprint density at radius 3 is 0.750 bits per heavy atom. The van der Waals surface area contributed by atoms with Crippen molar-refractivity contribution in [2.45, 2.75) is 312 Å². The number of unbranched alkanes of at least 4 members (excludes halogenated alkanes) is 24. The summed E-state index contributed by atoms with van der Waals surface area (Å²) in [4.78, 5) is 22.6. The molecule has 0 unspecified atom stereocenters. The Labute approximate surface area is 485 Å². The molecule has 4 aromatic heterocycles. The molecule has 4 rings (SSSR count). The first-order valence-corrected chi connectivity index (χ1v) is 35.8. The Balaban J connectivity index is 1.89. The predicted molar refractivity (Wildman–Crippen MR) is 352 cm³/mol. The highest BCUT2D eigenvalue weighted by Crippen LogP contribution is 2.40. The van der Waals surface area contributed by atoms with Gasteiger partial charge in [-0.1, -0.05) is 209 Å². The minimum absolute atomic E-state index is 0.981. The molecule has 5 heteroatoms. The zero-order chi connectivity index (χ0) is 54.4. The van der Waals surface area contributed by atoms with Gasteiger partial charge in [-0.25, -0.2) is 0 Å². The van der Waals surface area contributed by atoms with E-state index in [0.717, 1.165) is 24.1 Å². The van der Waals surface area contributed by atoms with Gasteiger partial charge in [0.05, 0.1) is 4.88 Å². The molecule has 76 heavy (non-hydrogen) atoms. The fourth-order valence-corrected chi connectivity index (χ4v) is 16.0. The molecular weight excluding hydrogens is 997 g/mol. The highest BCUT2D eigenvalue weighted by Gasteiger charge is 2.21. The fraction of sp³-hybridized carbons (Fsp3) is 0.676. The van der Waals surface area contributed by atoms with E-state index in [1.807, 2.05) is 11.3 Å². The largest absolute Gasteiger partial charge is 0.297 e. The Kier molecular flexibility index (Phi) is 36.3. The SMILES string of the molecule is CCCCCCc1csc(/C=C/c2sc(/C=C/c3sc(/C=C/c4sc(C=O)c(CCCCCC)c4CCCCCC)c(CCCCCC)c3CCCCCC)c(CCCCCC)c2CCCCCC)c1CCCCCC. The molecule has 0 amide bonds. The third kappa shape index (κ3) is 23.4. The standard InChI is InChI=1S/C71H112OS4/c1-9-17-25-33-41-57-56-73-65(58(57)42-34-26-18-10-2)49-50-66-59(43-35-27-19-11-3)60(44-36-28-20-12-4)67(74-66)51-52-68-61(45-37-29-21-13-5)62(46-38-30-22-14-6)69(75-68)53-54-70-63(47-39-31-23-15-7)64(71(55-72)76-70)48-40-32-24-16-8/h49-56H,9-48H2,1-8H3/b50-49+,52-51+,54-53+. The first kappa shape index (κ1) is 66.2. The molecule has 426 valence electrons. The number of carbonyl (C=O) groups is 1. The lowest BCUT2D eigenvalue weighted by atomic mass is 9.95. The highest BCUT2D eigenvalue weighted by molar-refractivity contribution is 7.16. The van der Waals surface area contributed by atoms with Gasteiger partial charge in [-0.2, -0.15) is 0 Å². The Hall–Kier alpha value is -2.31. The Morgan fingerprint density at radius 2 is 0.487 bits per heavy atom. The van der Waals surface area contributed by atoms with E-state index in [4.69, 9.17) is 0 Å². The fourth-order valence-electron chi connectivity index (χ4n) is 11.4. The van der Waals surface area contributed by atoms with E-state index in [1.165, 1.54) is 284 Å². The maximum absolute atomic E-state index is 12.7.